The Morgan fingerprint density at radius 1 is 1.00 bits per heavy atom. The van der Waals surface area contributed by atoms with E-state index >= 15 is 0 Å². The van der Waals surface area contributed by atoms with E-state index in [1.807, 2.05) is 25.1 Å². The molecular weight excluding hydrogens is 346 g/mol. The van der Waals surface area contributed by atoms with Gasteiger partial charge in [-0.05, 0) is 48.7 Å². The number of aryl methyl sites for hydroxylation is 1. The van der Waals surface area contributed by atoms with Gasteiger partial charge in [0, 0.05) is 12.1 Å². The van der Waals surface area contributed by atoms with Crippen molar-refractivity contribution in [2.75, 3.05) is 26.1 Å². The minimum Gasteiger partial charge on any atom is -0.493 e. The third kappa shape index (κ3) is 6.02. The van der Waals surface area contributed by atoms with Crippen molar-refractivity contribution in [1.29, 1.82) is 0 Å². The molecule has 0 saturated carbocycles. The summed E-state index contributed by atoms with van der Waals surface area (Å²) in [5, 5.41) is 2.81. The van der Waals surface area contributed by atoms with Crippen LogP contribution in [0.1, 0.15) is 35.7 Å². The van der Waals surface area contributed by atoms with Crippen LogP contribution in [0.5, 0.6) is 11.5 Å². The van der Waals surface area contributed by atoms with Gasteiger partial charge in [0.2, 0.25) is 5.91 Å². The first-order chi connectivity index (χ1) is 13.1. The fourth-order valence-electron chi connectivity index (χ4n) is 2.52. The topological polar surface area (TPSA) is 73.9 Å². The minimum absolute atomic E-state index is 0.135. The Morgan fingerprint density at radius 3 is 2.48 bits per heavy atom. The van der Waals surface area contributed by atoms with Gasteiger partial charge in [-0.25, -0.2) is 4.79 Å². The largest absolute Gasteiger partial charge is 0.493 e. The normalized spacial score (nSPS) is 10.2. The minimum atomic E-state index is -0.390. The predicted octanol–water partition coefficient (Wildman–Crippen LogP) is 3.84. The first-order valence-corrected chi connectivity index (χ1v) is 8.85. The van der Waals surface area contributed by atoms with Crippen LogP contribution in [0.15, 0.2) is 42.5 Å². The Kier molecular flexibility index (Phi) is 7.67. The lowest BCUT2D eigenvalue weighted by Gasteiger charge is -2.10. The summed E-state index contributed by atoms with van der Waals surface area (Å²) in [6.45, 7) is 2.31. The van der Waals surface area contributed by atoms with Crippen molar-refractivity contribution in [1.82, 2.24) is 0 Å². The van der Waals surface area contributed by atoms with Crippen molar-refractivity contribution in [3.63, 3.8) is 0 Å². The molecule has 1 N–H and O–H groups in total. The summed E-state index contributed by atoms with van der Waals surface area (Å²) in [5.41, 5.74) is 1.96. The zero-order chi connectivity index (χ0) is 19.6. The number of carbonyl (C=O) groups excluding carboxylic acids is 2. The Hall–Kier alpha value is -3.02. The summed E-state index contributed by atoms with van der Waals surface area (Å²) in [6.07, 6.45) is 1.63. The molecule has 0 bridgehead atoms. The second-order valence-corrected chi connectivity index (χ2v) is 5.95. The first-order valence-electron chi connectivity index (χ1n) is 8.85. The molecule has 0 saturated heterocycles. The molecule has 144 valence electrons. The van der Waals surface area contributed by atoms with E-state index in [0.29, 0.717) is 42.2 Å². The number of hydrogen-bond donors (Lipinski definition) is 1. The number of anilines is 1. The van der Waals surface area contributed by atoms with E-state index in [0.717, 1.165) is 12.0 Å². The van der Waals surface area contributed by atoms with Gasteiger partial charge in [0.15, 0.2) is 11.5 Å². The average Bonchev–Trinajstić information content (AvgIpc) is 2.70. The third-order valence-electron chi connectivity index (χ3n) is 3.91. The fraction of sp³-hybridized carbons (Fsp3) is 0.333. The van der Waals surface area contributed by atoms with Crippen LogP contribution in [-0.2, 0) is 16.0 Å². The summed E-state index contributed by atoms with van der Waals surface area (Å²) in [4.78, 5) is 24.1. The summed E-state index contributed by atoms with van der Waals surface area (Å²) in [5.74, 6) is 0.758. The standard InChI is InChI=1S/C21H25NO5/c1-4-12-27-21(24)16-6-5-7-17(14-16)22-20(23)11-9-15-8-10-18(25-2)19(13-15)26-3/h5-8,10,13-14H,4,9,11-12H2,1-3H3,(H,22,23). The van der Waals surface area contributed by atoms with E-state index < -0.39 is 5.97 Å². The molecule has 0 aliphatic carbocycles. The average molecular weight is 371 g/mol. The van der Waals surface area contributed by atoms with Crippen molar-refractivity contribution >= 4 is 17.6 Å². The maximum atomic E-state index is 12.2. The van der Waals surface area contributed by atoms with Crippen molar-refractivity contribution in [3.8, 4) is 11.5 Å². The van der Waals surface area contributed by atoms with Crippen molar-refractivity contribution < 1.29 is 23.8 Å². The second kappa shape index (κ2) is 10.2. The zero-order valence-corrected chi connectivity index (χ0v) is 15.9. The quantitative estimate of drug-likeness (QED) is 0.678. The molecular formula is C21H25NO5. The monoisotopic (exact) mass is 371 g/mol. The summed E-state index contributed by atoms with van der Waals surface area (Å²) < 4.78 is 15.6. The van der Waals surface area contributed by atoms with Gasteiger partial charge in [-0.3, -0.25) is 4.79 Å². The molecule has 0 radical (unpaired) electrons. The number of benzene rings is 2. The van der Waals surface area contributed by atoms with Gasteiger partial charge >= 0.3 is 5.97 Å². The lowest BCUT2D eigenvalue weighted by atomic mass is 10.1. The molecule has 0 spiro atoms. The number of ether oxygens (including phenoxy) is 3. The van der Waals surface area contributed by atoms with Gasteiger partial charge in [-0.15, -0.1) is 0 Å². The number of carbonyl (C=O) groups is 2. The predicted molar refractivity (Wildman–Crippen MR) is 104 cm³/mol. The van der Waals surface area contributed by atoms with Crippen LogP contribution in [0.3, 0.4) is 0 Å². The number of nitrogens with one attached hydrogen (secondary N) is 1. The highest BCUT2D eigenvalue weighted by molar-refractivity contribution is 5.94. The highest BCUT2D eigenvalue weighted by Crippen LogP contribution is 2.28. The molecule has 0 fully saturated rings. The van der Waals surface area contributed by atoms with Gasteiger partial charge in [0.25, 0.3) is 0 Å². The number of hydrogen-bond acceptors (Lipinski definition) is 5. The Bertz CT molecular complexity index is 788. The molecule has 6 heteroatoms. The molecule has 0 aliphatic heterocycles. The molecule has 6 nitrogen and oxygen atoms in total. The van der Waals surface area contributed by atoms with E-state index in [1.54, 1.807) is 38.5 Å². The first kappa shape index (κ1) is 20.3. The van der Waals surface area contributed by atoms with Crippen molar-refractivity contribution in [3.05, 3.63) is 53.6 Å². The van der Waals surface area contributed by atoms with E-state index in [-0.39, 0.29) is 5.91 Å². The van der Waals surface area contributed by atoms with Crippen molar-refractivity contribution in [2.24, 2.45) is 0 Å². The zero-order valence-electron chi connectivity index (χ0n) is 15.9. The molecule has 0 aliphatic rings. The van der Waals surface area contributed by atoms with Gasteiger partial charge < -0.3 is 19.5 Å². The van der Waals surface area contributed by atoms with Crippen molar-refractivity contribution in [2.45, 2.75) is 26.2 Å². The number of rotatable bonds is 9. The number of amides is 1. The molecule has 0 aromatic heterocycles. The van der Waals surface area contributed by atoms with Crippen LogP contribution in [0, 0.1) is 0 Å². The van der Waals surface area contributed by atoms with Gasteiger partial charge in [0.05, 0.1) is 26.4 Å². The Balaban J connectivity index is 1.93. The van der Waals surface area contributed by atoms with E-state index in [9.17, 15) is 9.59 Å². The third-order valence-corrected chi connectivity index (χ3v) is 3.91. The van der Waals surface area contributed by atoms with Crippen LogP contribution < -0.4 is 14.8 Å². The van der Waals surface area contributed by atoms with Crippen LogP contribution in [0.4, 0.5) is 5.69 Å². The van der Waals surface area contributed by atoms with E-state index in [4.69, 9.17) is 14.2 Å². The van der Waals surface area contributed by atoms with E-state index in [2.05, 4.69) is 5.32 Å². The molecule has 1 amide bonds. The smallest absolute Gasteiger partial charge is 0.338 e. The molecule has 0 atom stereocenters. The highest BCUT2D eigenvalue weighted by Gasteiger charge is 2.10. The lowest BCUT2D eigenvalue weighted by molar-refractivity contribution is -0.116. The second-order valence-electron chi connectivity index (χ2n) is 5.95. The van der Waals surface area contributed by atoms with Gasteiger partial charge in [0.1, 0.15) is 0 Å². The Morgan fingerprint density at radius 2 is 1.78 bits per heavy atom. The SMILES string of the molecule is CCCOC(=O)c1cccc(NC(=O)CCc2ccc(OC)c(OC)c2)c1. The number of methoxy groups -OCH3 is 2. The van der Waals surface area contributed by atoms with E-state index in [1.165, 1.54) is 0 Å². The summed E-state index contributed by atoms with van der Waals surface area (Å²) >= 11 is 0. The lowest BCUT2D eigenvalue weighted by Crippen LogP contribution is -2.13. The van der Waals surface area contributed by atoms with Gasteiger partial charge in [-0.2, -0.15) is 0 Å². The molecule has 27 heavy (non-hydrogen) atoms. The van der Waals surface area contributed by atoms with Crippen LogP contribution in [-0.4, -0.2) is 32.7 Å². The van der Waals surface area contributed by atoms with Gasteiger partial charge in [-0.1, -0.05) is 19.1 Å². The van der Waals surface area contributed by atoms with Crippen LogP contribution >= 0.6 is 0 Å². The molecule has 2 aromatic carbocycles. The summed E-state index contributed by atoms with van der Waals surface area (Å²) in [7, 11) is 3.16. The fourth-order valence-corrected chi connectivity index (χ4v) is 2.52. The molecule has 2 rings (SSSR count). The maximum Gasteiger partial charge on any atom is 0.338 e. The highest BCUT2D eigenvalue weighted by atomic mass is 16.5. The Labute approximate surface area is 159 Å². The number of esters is 1. The molecule has 0 unspecified atom stereocenters. The molecule has 2 aromatic rings. The maximum absolute atomic E-state index is 12.2. The van der Waals surface area contributed by atoms with Crippen LogP contribution in [0.25, 0.3) is 0 Å². The van der Waals surface area contributed by atoms with Crippen LogP contribution in [0.2, 0.25) is 0 Å². The summed E-state index contributed by atoms with van der Waals surface area (Å²) in [6, 6.07) is 12.3. The molecule has 0 heterocycles.